The van der Waals surface area contributed by atoms with Crippen molar-refractivity contribution in [3.05, 3.63) is 72.8 Å². The van der Waals surface area contributed by atoms with Gasteiger partial charge in [-0.25, -0.2) is 4.98 Å². The molecule has 5 aromatic rings. The van der Waals surface area contributed by atoms with Gasteiger partial charge in [0.2, 0.25) is 0 Å². The highest BCUT2D eigenvalue weighted by atomic mass is 16.2. The predicted molar refractivity (Wildman–Crippen MR) is 103 cm³/mol. The molecule has 0 radical (unpaired) electrons. The molecule has 0 bridgehead atoms. The minimum atomic E-state index is -0.284. The van der Waals surface area contributed by atoms with Crippen molar-refractivity contribution >= 4 is 33.5 Å². The molecule has 0 aliphatic carbocycles. The van der Waals surface area contributed by atoms with E-state index in [9.17, 15) is 4.79 Å². The monoisotopic (exact) mass is 354 g/mol. The number of anilines is 1. The Hall–Kier alpha value is -4.00. The number of carbonyl (C=O) groups excluding carboxylic acids is 1. The normalized spacial score (nSPS) is 11.1. The van der Waals surface area contributed by atoms with Gasteiger partial charge in [-0.3, -0.25) is 14.9 Å². The van der Waals surface area contributed by atoms with Crippen molar-refractivity contribution in [3.8, 4) is 11.3 Å². The molecule has 0 fully saturated rings. The van der Waals surface area contributed by atoms with Crippen LogP contribution in [0.15, 0.2) is 67.0 Å². The first-order valence-corrected chi connectivity index (χ1v) is 8.42. The fourth-order valence-electron chi connectivity index (χ4n) is 3.07. The van der Waals surface area contributed by atoms with Gasteiger partial charge in [0.05, 0.1) is 16.6 Å². The molecule has 0 atom stereocenters. The van der Waals surface area contributed by atoms with E-state index in [2.05, 4.69) is 30.5 Å². The van der Waals surface area contributed by atoms with Gasteiger partial charge in [-0.15, -0.1) is 0 Å². The van der Waals surface area contributed by atoms with E-state index in [4.69, 9.17) is 0 Å². The van der Waals surface area contributed by atoms with Crippen molar-refractivity contribution in [1.29, 1.82) is 0 Å². The number of amides is 1. The molecule has 3 N–H and O–H groups in total. The summed E-state index contributed by atoms with van der Waals surface area (Å²) in [6, 6.07) is 16.9. The average Bonchev–Trinajstić information content (AvgIpc) is 3.31. The van der Waals surface area contributed by atoms with Crippen LogP contribution in [0.25, 0.3) is 33.2 Å². The number of imidazole rings is 1. The lowest BCUT2D eigenvalue weighted by Crippen LogP contribution is -2.13. The van der Waals surface area contributed by atoms with E-state index in [1.54, 1.807) is 12.4 Å². The first-order chi connectivity index (χ1) is 13.3. The fourth-order valence-corrected chi connectivity index (χ4v) is 3.07. The number of hydrogen-bond donors (Lipinski definition) is 3. The van der Waals surface area contributed by atoms with E-state index < -0.39 is 0 Å². The Kier molecular flexibility index (Phi) is 3.43. The first-order valence-electron chi connectivity index (χ1n) is 8.42. The second kappa shape index (κ2) is 6.06. The molecular formula is C20H14N6O. The number of rotatable bonds is 3. The lowest BCUT2D eigenvalue weighted by molar-refractivity contribution is 0.101. The number of aromatic amines is 2. The Morgan fingerprint density at radius 2 is 1.78 bits per heavy atom. The molecule has 1 amide bonds. The van der Waals surface area contributed by atoms with Gasteiger partial charge in [-0.05, 0) is 36.4 Å². The molecule has 0 spiro atoms. The molecule has 7 heteroatoms. The average molecular weight is 354 g/mol. The summed E-state index contributed by atoms with van der Waals surface area (Å²) < 4.78 is 0. The van der Waals surface area contributed by atoms with Crippen LogP contribution in [0.5, 0.6) is 0 Å². The molecule has 2 aromatic carbocycles. The van der Waals surface area contributed by atoms with Crippen LogP contribution in [-0.4, -0.2) is 31.1 Å². The van der Waals surface area contributed by atoms with E-state index in [0.29, 0.717) is 5.52 Å². The Bertz CT molecular complexity index is 1260. The molecule has 130 valence electrons. The number of para-hydroxylation sites is 1. The van der Waals surface area contributed by atoms with Crippen LogP contribution in [0.2, 0.25) is 0 Å². The second-order valence-electron chi connectivity index (χ2n) is 6.13. The van der Waals surface area contributed by atoms with Crippen LogP contribution in [0, 0.1) is 0 Å². The minimum absolute atomic E-state index is 0.264. The van der Waals surface area contributed by atoms with Gasteiger partial charge >= 0.3 is 0 Å². The summed E-state index contributed by atoms with van der Waals surface area (Å²) in [6.45, 7) is 0. The smallest absolute Gasteiger partial charge is 0.291 e. The molecule has 27 heavy (non-hydrogen) atoms. The van der Waals surface area contributed by atoms with Crippen LogP contribution in [0.1, 0.15) is 10.6 Å². The maximum absolute atomic E-state index is 12.5. The van der Waals surface area contributed by atoms with Gasteiger partial charge in [0, 0.05) is 29.0 Å². The number of carbonyl (C=O) groups is 1. The number of H-pyrrole nitrogens is 2. The summed E-state index contributed by atoms with van der Waals surface area (Å²) in [6.07, 6.45) is 3.46. The molecule has 0 aliphatic rings. The van der Waals surface area contributed by atoms with Gasteiger partial charge in [0.15, 0.2) is 5.82 Å². The standard InChI is InChI=1S/C20H14N6O/c27-20(22-13-4-2-1-3-5-13)19-23-16-10-14-15(11-17(16)24-19)25-26-18(14)12-6-8-21-9-7-12/h1-11H,(H,22,27)(H,23,24)(H,25,26). The van der Waals surface area contributed by atoms with Crippen molar-refractivity contribution in [2.75, 3.05) is 5.32 Å². The summed E-state index contributed by atoms with van der Waals surface area (Å²) in [4.78, 5) is 24.0. The second-order valence-corrected chi connectivity index (χ2v) is 6.13. The topological polar surface area (TPSA) is 99.3 Å². The van der Waals surface area contributed by atoms with Crippen molar-refractivity contribution in [2.24, 2.45) is 0 Å². The number of nitrogens with one attached hydrogen (secondary N) is 3. The minimum Gasteiger partial charge on any atom is -0.334 e. The molecule has 0 aliphatic heterocycles. The first kappa shape index (κ1) is 15.3. The zero-order valence-corrected chi connectivity index (χ0v) is 14.1. The van der Waals surface area contributed by atoms with Crippen molar-refractivity contribution in [3.63, 3.8) is 0 Å². The van der Waals surface area contributed by atoms with Crippen molar-refractivity contribution in [1.82, 2.24) is 25.1 Å². The predicted octanol–water partition coefficient (Wildman–Crippen LogP) is 3.75. The highest BCUT2D eigenvalue weighted by Gasteiger charge is 2.15. The summed E-state index contributed by atoms with van der Waals surface area (Å²) in [5.41, 5.74) is 4.86. The van der Waals surface area contributed by atoms with Crippen molar-refractivity contribution < 1.29 is 4.79 Å². The van der Waals surface area contributed by atoms with Crippen LogP contribution < -0.4 is 5.32 Å². The summed E-state index contributed by atoms with van der Waals surface area (Å²) in [7, 11) is 0. The van der Waals surface area contributed by atoms with E-state index >= 15 is 0 Å². The number of aromatic nitrogens is 5. The third-order valence-electron chi connectivity index (χ3n) is 4.36. The number of fused-ring (bicyclic) bond motifs is 2. The van der Waals surface area contributed by atoms with Crippen LogP contribution in [0.4, 0.5) is 5.69 Å². The molecule has 7 nitrogen and oxygen atoms in total. The number of nitrogens with zero attached hydrogens (tertiary/aromatic N) is 3. The summed E-state index contributed by atoms with van der Waals surface area (Å²) >= 11 is 0. The van der Waals surface area contributed by atoms with Gasteiger partial charge in [0.1, 0.15) is 5.69 Å². The van der Waals surface area contributed by atoms with E-state index in [-0.39, 0.29) is 11.7 Å². The zero-order chi connectivity index (χ0) is 18.2. The van der Waals surface area contributed by atoms with Gasteiger partial charge in [-0.1, -0.05) is 18.2 Å². The highest BCUT2D eigenvalue weighted by molar-refractivity contribution is 6.05. The summed E-state index contributed by atoms with van der Waals surface area (Å²) in [5, 5.41) is 11.2. The van der Waals surface area contributed by atoms with Crippen molar-refractivity contribution in [2.45, 2.75) is 0 Å². The Morgan fingerprint density at radius 1 is 0.963 bits per heavy atom. The fraction of sp³-hybridized carbons (Fsp3) is 0. The van der Waals surface area contributed by atoms with Gasteiger partial charge < -0.3 is 10.3 Å². The lowest BCUT2D eigenvalue weighted by atomic mass is 10.1. The summed E-state index contributed by atoms with van der Waals surface area (Å²) in [5.74, 6) is -0.0199. The van der Waals surface area contributed by atoms with E-state index in [1.807, 2.05) is 54.6 Å². The highest BCUT2D eigenvalue weighted by Crippen LogP contribution is 2.28. The molecule has 0 unspecified atom stereocenters. The zero-order valence-electron chi connectivity index (χ0n) is 14.1. The quantitative estimate of drug-likeness (QED) is 0.459. The third-order valence-corrected chi connectivity index (χ3v) is 4.36. The van der Waals surface area contributed by atoms with Crippen LogP contribution in [-0.2, 0) is 0 Å². The Labute approximate surface area is 153 Å². The molecular weight excluding hydrogens is 340 g/mol. The molecule has 3 heterocycles. The molecule has 0 saturated heterocycles. The maximum Gasteiger partial charge on any atom is 0.291 e. The third kappa shape index (κ3) is 2.71. The molecule has 0 saturated carbocycles. The van der Waals surface area contributed by atoms with Crippen LogP contribution >= 0.6 is 0 Å². The lowest BCUT2D eigenvalue weighted by Gasteiger charge is -2.01. The van der Waals surface area contributed by atoms with E-state index in [1.165, 1.54) is 0 Å². The Balaban J connectivity index is 1.55. The maximum atomic E-state index is 12.5. The number of pyridine rings is 1. The number of benzene rings is 2. The SMILES string of the molecule is O=C(Nc1ccccc1)c1nc2cc3c(-c4ccncc4)n[nH]c3cc2[nH]1. The Morgan fingerprint density at radius 3 is 2.59 bits per heavy atom. The van der Waals surface area contributed by atoms with E-state index in [0.717, 1.165) is 33.4 Å². The van der Waals surface area contributed by atoms with Crippen LogP contribution in [0.3, 0.4) is 0 Å². The molecule has 3 aromatic heterocycles. The molecule has 5 rings (SSSR count). The van der Waals surface area contributed by atoms with Gasteiger partial charge in [-0.2, -0.15) is 5.10 Å². The number of hydrogen-bond acceptors (Lipinski definition) is 4. The van der Waals surface area contributed by atoms with Gasteiger partial charge in [0.25, 0.3) is 5.91 Å². The largest absolute Gasteiger partial charge is 0.334 e.